The van der Waals surface area contributed by atoms with Crippen LogP contribution in [0.15, 0.2) is 27.8 Å². The number of halogens is 3. The van der Waals surface area contributed by atoms with Crippen LogP contribution in [-0.4, -0.2) is 67.7 Å². The number of furan rings is 1. The fourth-order valence-electron chi connectivity index (χ4n) is 3.46. The number of likely N-dealkylation sites (tertiary alicyclic amines) is 1. The van der Waals surface area contributed by atoms with Gasteiger partial charge in [-0.05, 0) is 37.4 Å². The lowest BCUT2D eigenvalue weighted by atomic mass is 10.1. The van der Waals surface area contributed by atoms with Crippen molar-refractivity contribution in [3.8, 4) is 0 Å². The van der Waals surface area contributed by atoms with E-state index >= 15 is 0 Å². The van der Waals surface area contributed by atoms with Crippen LogP contribution >= 0.6 is 0 Å². The van der Waals surface area contributed by atoms with Crippen LogP contribution in [0.4, 0.5) is 13.2 Å². The first-order chi connectivity index (χ1) is 13.4. The number of rotatable bonds is 10. The van der Waals surface area contributed by atoms with Crippen molar-refractivity contribution >= 4 is 5.96 Å². The molecule has 0 radical (unpaired) electrons. The molecule has 2 heterocycles. The molecule has 1 aliphatic rings. The molecule has 0 amide bonds. The summed E-state index contributed by atoms with van der Waals surface area (Å²) in [6.45, 7) is 7.01. The first-order valence-electron chi connectivity index (χ1n) is 10.3. The zero-order valence-corrected chi connectivity index (χ0v) is 17.0. The van der Waals surface area contributed by atoms with Gasteiger partial charge in [0.15, 0.2) is 5.96 Å². The summed E-state index contributed by atoms with van der Waals surface area (Å²) in [5.41, 5.74) is 0. The minimum absolute atomic E-state index is 0.227. The Balaban J connectivity index is 1.87. The van der Waals surface area contributed by atoms with E-state index in [1.54, 1.807) is 13.2 Å². The maximum Gasteiger partial charge on any atom is 0.401 e. The highest BCUT2D eigenvalue weighted by molar-refractivity contribution is 5.80. The van der Waals surface area contributed by atoms with Crippen LogP contribution in [0, 0.1) is 5.92 Å². The number of nitrogens with one attached hydrogen (secondary N) is 1. The van der Waals surface area contributed by atoms with Gasteiger partial charge in [0, 0.05) is 39.1 Å². The van der Waals surface area contributed by atoms with Crippen LogP contribution in [0.2, 0.25) is 0 Å². The Morgan fingerprint density at radius 1 is 1.39 bits per heavy atom. The predicted octanol–water partition coefficient (Wildman–Crippen LogP) is 3.77. The second-order valence-electron chi connectivity index (χ2n) is 7.36. The molecule has 2 rings (SSSR count). The van der Waals surface area contributed by atoms with Crippen molar-refractivity contribution in [1.29, 1.82) is 0 Å². The summed E-state index contributed by atoms with van der Waals surface area (Å²) in [5.74, 6) is 2.01. The summed E-state index contributed by atoms with van der Waals surface area (Å²) in [7, 11) is 0. The second kappa shape index (κ2) is 11.3. The Hall–Kier alpha value is -1.70. The second-order valence-corrected chi connectivity index (χ2v) is 7.36. The molecule has 28 heavy (non-hydrogen) atoms. The Kier molecular flexibility index (Phi) is 9.15. The molecule has 1 unspecified atom stereocenters. The molecule has 8 heteroatoms. The number of alkyl halides is 3. The first-order valence-corrected chi connectivity index (χ1v) is 10.3. The molecule has 0 bridgehead atoms. The smallest absolute Gasteiger partial charge is 0.401 e. The van der Waals surface area contributed by atoms with Crippen LogP contribution in [0.1, 0.15) is 38.9 Å². The zero-order valence-electron chi connectivity index (χ0n) is 17.0. The number of aliphatic imine (C=N–C) groups is 1. The van der Waals surface area contributed by atoms with Crippen LogP contribution in [0.3, 0.4) is 0 Å². The lowest BCUT2D eigenvalue weighted by Crippen LogP contribution is -2.42. The molecule has 1 saturated heterocycles. The van der Waals surface area contributed by atoms with Gasteiger partial charge in [0.25, 0.3) is 0 Å². The average molecular weight is 403 g/mol. The van der Waals surface area contributed by atoms with Crippen molar-refractivity contribution in [2.45, 2.75) is 45.7 Å². The molecule has 1 N–H and O–H groups in total. The average Bonchev–Trinajstić information content (AvgIpc) is 3.31. The molecular formula is C20H33F3N4O. The SMILES string of the molecule is CCCCN=C(NCCc1ccco1)N1CCC(CN(CC)CC(F)(F)F)C1. The maximum absolute atomic E-state index is 12.7. The van der Waals surface area contributed by atoms with E-state index in [0.29, 0.717) is 13.1 Å². The highest BCUT2D eigenvalue weighted by atomic mass is 19.4. The predicted molar refractivity (Wildman–Crippen MR) is 105 cm³/mol. The summed E-state index contributed by atoms with van der Waals surface area (Å²) in [5, 5.41) is 3.41. The van der Waals surface area contributed by atoms with Crippen LogP contribution < -0.4 is 5.32 Å². The van der Waals surface area contributed by atoms with E-state index in [2.05, 4.69) is 17.1 Å². The highest BCUT2D eigenvalue weighted by Gasteiger charge is 2.33. The summed E-state index contributed by atoms with van der Waals surface area (Å²) >= 11 is 0. The molecule has 1 fully saturated rings. The van der Waals surface area contributed by atoms with E-state index in [0.717, 1.165) is 63.6 Å². The third kappa shape index (κ3) is 8.12. The molecule has 1 aliphatic heterocycles. The number of unbranched alkanes of at least 4 members (excludes halogenated alkanes) is 1. The molecular weight excluding hydrogens is 369 g/mol. The molecule has 0 aliphatic carbocycles. The Morgan fingerprint density at radius 3 is 2.86 bits per heavy atom. The normalized spacial score (nSPS) is 18.3. The number of guanidine groups is 1. The van der Waals surface area contributed by atoms with Gasteiger partial charge in [-0.3, -0.25) is 9.89 Å². The number of nitrogens with zero attached hydrogens (tertiary/aromatic N) is 3. The van der Waals surface area contributed by atoms with Gasteiger partial charge in [-0.25, -0.2) is 0 Å². The van der Waals surface area contributed by atoms with Gasteiger partial charge in [-0.1, -0.05) is 20.3 Å². The maximum atomic E-state index is 12.7. The molecule has 0 spiro atoms. The van der Waals surface area contributed by atoms with E-state index in [-0.39, 0.29) is 5.92 Å². The lowest BCUT2D eigenvalue weighted by molar-refractivity contribution is -0.146. The van der Waals surface area contributed by atoms with Gasteiger partial charge in [-0.15, -0.1) is 0 Å². The first kappa shape index (κ1) is 22.6. The lowest BCUT2D eigenvalue weighted by Gasteiger charge is -2.26. The largest absolute Gasteiger partial charge is 0.469 e. The quantitative estimate of drug-likeness (QED) is 0.368. The van der Waals surface area contributed by atoms with Crippen molar-refractivity contribution in [2.24, 2.45) is 10.9 Å². The molecule has 1 aromatic rings. The van der Waals surface area contributed by atoms with Gasteiger partial charge in [-0.2, -0.15) is 13.2 Å². The van der Waals surface area contributed by atoms with Crippen molar-refractivity contribution < 1.29 is 17.6 Å². The van der Waals surface area contributed by atoms with E-state index in [1.807, 2.05) is 12.1 Å². The summed E-state index contributed by atoms with van der Waals surface area (Å²) in [6, 6.07) is 3.82. The minimum Gasteiger partial charge on any atom is -0.469 e. The summed E-state index contributed by atoms with van der Waals surface area (Å²) in [6.07, 6.45) is 1.28. The van der Waals surface area contributed by atoms with Crippen molar-refractivity contribution in [3.63, 3.8) is 0 Å². The Labute approximate surface area is 166 Å². The minimum atomic E-state index is -4.14. The number of hydrogen-bond donors (Lipinski definition) is 1. The fraction of sp³-hybridized carbons (Fsp3) is 0.750. The Morgan fingerprint density at radius 2 is 2.21 bits per heavy atom. The highest BCUT2D eigenvalue weighted by Crippen LogP contribution is 2.21. The topological polar surface area (TPSA) is 44.0 Å². The van der Waals surface area contributed by atoms with E-state index in [1.165, 1.54) is 4.90 Å². The van der Waals surface area contributed by atoms with Gasteiger partial charge in [0.1, 0.15) is 5.76 Å². The Bertz CT molecular complexity index is 575. The van der Waals surface area contributed by atoms with Crippen molar-refractivity contribution in [1.82, 2.24) is 15.1 Å². The molecule has 0 aromatic carbocycles. The van der Waals surface area contributed by atoms with Crippen LogP contribution in [0.5, 0.6) is 0 Å². The van der Waals surface area contributed by atoms with Gasteiger partial charge in [0.05, 0.1) is 12.8 Å². The molecule has 5 nitrogen and oxygen atoms in total. The van der Waals surface area contributed by atoms with Gasteiger partial charge >= 0.3 is 6.18 Å². The van der Waals surface area contributed by atoms with Crippen molar-refractivity contribution in [2.75, 3.05) is 45.8 Å². The monoisotopic (exact) mass is 402 g/mol. The zero-order chi connectivity index (χ0) is 20.4. The standard InChI is InChI=1S/C20H33F3N4O/c1-3-5-10-24-19(25-11-8-18-7-6-13-28-18)27-12-9-17(15-27)14-26(4-2)16-20(21,22)23/h6-7,13,17H,3-5,8-12,14-16H2,1-2H3,(H,24,25). The van der Waals surface area contributed by atoms with Crippen LogP contribution in [-0.2, 0) is 6.42 Å². The van der Waals surface area contributed by atoms with E-state index in [9.17, 15) is 13.2 Å². The van der Waals surface area contributed by atoms with Crippen LogP contribution in [0.25, 0.3) is 0 Å². The fourth-order valence-corrected chi connectivity index (χ4v) is 3.46. The molecule has 0 saturated carbocycles. The summed E-state index contributed by atoms with van der Waals surface area (Å²) in [4.78, 5) is 8.39. The molecule has 1 atom stereocenters. The van der Waals surface area contributed by atoms with Gasteiger partial charge < -0.3 is 14.6 Å². The summed E-state index contributed by atoms with van der Waals surface area (Å²) < 4.78 is 43.5. The molecule has 160 valence electrons. The number of hydrogen-bond acceptors (Lipinski definition) is 3. The van der Waals surface area contributed by atoms with E-state index < -0.39 is 12.7 Å². The van der Waals surface area contributed by atoms with Gasteiger partial charge in [0.2, 0.25) is 0 Å². The molecule has 1 aromatic heterocycles. The van der Waals surface area contributed by atoms with E-state index in [4.69, 9.17) is 9.41 Å². The third-order valence-corrected chi connectivity index (χ3v) is 4.96. The van der Waals surface area contributed by atoms with Crippen molar-refractivity contribution in [3.05, 3.63) is 24.2 Å². The third-order valence-electron chi connectivity index (χ3n) is 4.96.